The monoisotopic (exact) mass is 242 g/mol. The molecule has 0 aliphatic carbocycles. The fraction of sp³-hybridized carbons (Fsp3) is 1.00. The second-order valence-electron chi connectivity index (χ2n) is 6.62. The lowest BCUT2D eigenvalue weighted by atomic mass is 9.83. The van der Waals surface area contributed by atoms with E-state index >= 15 is 0 Å². The van der Waals surface area contributed by atoms with Gasteiger partial charge in [-0.3, -0.25) is 0 Å². The maximum Gasteiger partial charge on any atom is 0.0623 e. The van der Waals surface area contributed by atoms with E-state index in [9.17, 15) is 5.11 Å². The van der Waals surface area contributed by atoms with Gasteiger partial charge in [0.1, 0.15) is 0 Å². The van der Waals surface area contributed by atoms with Gasteiger partial charge in [-0.25, -0.2) is 0 Å². The molecule has 1 fully saturated rings. The van der Waals surface area contributed by atoms with E-state index in [4.69, 9.17) is 0 Å². The van der Waals surface area contributed by atoms with Crippen LogP contribution in [-0.2, 0) is 0 Å². The van der Waals surface area contributed by atoms with Crippen molar-refractivity contribution in [2.75, 3.05) is 32.8 Å². The summed E-state index contributed by atoms with van der Waals surface area (Å²) in [5, 5.41) is 13.1. The zero-order chi connectivity index (χ0) is 12.9. The zero-order valence-corrected chi connectivity index (χ0v) is 12.1. The molecule has 0 radical (unpaired) electrons. The third-order valence-electron chi connectivity index (χ3n) is 3.70. The molecule has 0 aromatic heterocycles. The molecule has 1 heterocycles. The van der Waals surface area contributed by atoms with Gasteiger partial charge >= 0.3 is 0 Å². The van der Waals surface area contributed by atoms with Gasteiger partial charge in [-0.15, -0.1) is 0 Å². The molecule has 0 aromatic rings. The van der Waals surface area contributed by atoms with Gasteiger partial charge in [0, 0.05) is 13.1 Å². The average molecular weight is 242 g/mol. The summed E-state index contributed by atoms with van der Waals surface area (Å²) < 4.78 is 0. The summed E-state index contributed by atoms with van der Waals surface area (Å²) in [6.07, 6.45) is 3.71. The largest absolute Gasteiger partial charge is 0.394 e. The smallest absolute Gasteiger partial charge is 0.0623 e. The molecule has 2 N–H and O–H groups in total. The highest BCUT2D eigenvalue weighted by atomic mass is 16.3. The van der Waals surface area contributed by atoms with Crippen molar-refractivity contribution >= 4 is 0 Å². The van der Waals surface area contributed by atoms with E-state index in [0.717, 1.165) is 26.1 Å². The van der Waals surface area contributed by atoms with Gasteiger partial charge in [0.25, 0.3) is 0 Å². The second kappa shape index (κ2) is 6.17. The minimum atomic E-state index is -0.149. The van der Waals surface area contributed by atoms with Crippen LogP contribution < -0.4 is 5.32 Å². The zero-order valence-electron chi connectivity index (χ0n) is 12.1. The van der Waals surface area contributed by atoms with E-state index in [-0.39, 0.29) is 12.1 Å². The number of likely N-dealkylation sites (tertiary alicyclic amines) is 1. The van der Waals surface area contributed by atoms with Crippen LogP contribution in [0.5, 0.6) is 0 Å². The lowest BCUT2D eigenvalue weighted by Crippen LogP contribution is -2.56. The first kappa shape index (κ1) is 14.9. The number of piperidine rings is 1. The molecule has 0 amide bonds. The summed E-state index contributed by atoms with van der Waals surface area (Å²) >= 11 is 0. The normalized spacial score (nSPS) is 24.5. The highest BCUT2D eigenvalue weighted by Crippen LogP contribution is 2.29. The number of rotatable bonds is 6. The standard InChI is InChI=1S/C14H30N2O/c1-5-8-15-14(4,12-17)11-16-9-6-7-13(2,3)10-16/h15,17H,5-12H2,1-4H3. The van der Waals surface area contributed by atoms with Crippen molar-refractivity contribution in [3.05, 3.63) is 0 Å². The van der Waals surface area contributed by atoms with Crippen LogP contribution >= 0.6 is 0 Å². The number of hydrogen-bond donors (Lipinski definition) is 2. The van der Waals surface area contributed by atoms with Crippen molar-refractivity contribution in [2.24, 2.45) is 5.41 Å². The van der Waals surface area contributed by atoms with Crippen LogP contribution in [0.15, 0.2) is 0 Å². The molecular weight excluding hydrogens is 212 g/mol. The Morgan fingerprint density at radius 3 is 2.65 bits per heavy atom. The molecule has 3 heteroatoms. The van der Waals surface area contributed by atoms with Gasteiger partial charge < -0.3 is 15.3 Å². The highest BCUT2D eigenvalue weighted by molar-refractivity contribution is 4.89. The first-order valence-electron chi connectivity index (χ1n) is 6.99. The Kier molecular flexibility index (Phi) is 5.42. The molecule has 1 saturated heterocycles. The van der Waals surface area contributed by atoms with E-state index in [1.165, 1.54) is 19.4 Å². The third-order valence-corrected chi connectivity index (χ3v) is 3.70. The molecule has 3 nitrogen and oxygen atoms in total. The summed E-state index contributed by atoms with van der Waals surface area (Å²) in [5.74, 6) is 0. The molecule has 1 unspecified atom stereocenters. The molecule has 17 heavy (non-hydrogen) atoms. The van der Waals surface area contributed by atoms with Gasteiger partial charge in [-0.2, -0.15) is 0 Å². The fourth-order valence-electron chi connectivity index (χ4n) is 2.76. The topological polar surface area (TPSA) is 35.5 Å². The molecule has 102 valence electrons. The number of nitrogens with one attached hydrogen (secondary N) is 1. The van der Waals surface area contributed by atoms with Crippen LogP contribution in [0.25, 0.3) is 0 Å². The maximum absolute atomic E-state index is 9.58. The maximum atomic E-state index is 9.58. The van der Waals surface area contributed by atoms with Gasteiger partial charge in [0.2, 0.25) is 0 Å². The van der Waals surface area contributed by atoms with E-state index < -0.39 is 0 Å². The van der Waals surface area contributed by atoms with Crippen LogP contribution in [-0.4, -0.2) is 48.3 Å². The summed E-state index contributed by atoms with van der Waals surface area (Å²) in [6.45, 7) is 13.4. The van der Waals surface area contributed by atoms with E-state index in [1.807, 2.05) is 0 Å². The Labute approximate surface area is 107 Å². The predicted molar refractivity (Wildman–Crippen MR) is 73.2 cm³/mol. The molecule has 0 bridgehead atoms. The quantitative estimate of drug-likeness (QED) is 0.746. The highest BCUT2D eigenvalue weighted by Gasteiger charge is 2.31. The summed E-state index contributed by atoms with van der Waals surface area (Å²) in [4.78, 5) is 2.50. The Balaban J connectivity index is 2.49. The first-order chi connectivity index (χ1) is 7.91. The van der Waals surface area contributed by atoms with Crippen LogP contribution in [0.1, 0.15) is 47.0 Å². The lowest BCUT2D eigenvalue weighted by molar-refractivity contribution is 0.0657. The van der Waals surface area contributed by atoms with Crippen LogP contribution in [0.2, 0.25) is 0 Å². The SMILES string of the molecule is CCCNC(C)(CO)CN1CCCC(C)(C)C1. The fourth-order valence-corrected chi connectivity index (χ4v) is 2.76. The molecule has 1 rings (SSSR count). The minimum absolute atomic E-state index is 0.149. The van der Waals surface area contributed by atoms with Gasteiger partial charge in [-0.1, -0.05) is 20.8 Å². The summed E-state index contributed by atoms with van der Waals surface area (Å²) in [5.41, 5.74) is 0.281. The van der Waals surface area contributed by atoms with Crippen molar-refractivity contribution in [1.82, 2.24) is 10.2 Å². The number of hydrogen-bond acceptors (Lipinski definition) is 3. The molecule has 0 aromatic carbocycles. The number of aliphatic hydroxyl groups is 1. The van der Waals surface area contributed by atoms with Crippen molar-refractivity contribution in [3.63, 3.8) is 0 Å². The van der Waals surface area contributed by atoms with Crippen molar-refractivity contribution < 1.29 is 5.11 Å². The number of aliphatic hydroxyl groups excluding tert-OH is 1. The van der Waals surface area contributed by atoms with Crippen LogP contribution in [0.4, 0.5) is 0 Å². The first-order valence-corrected chi connectivity index (χ1v) is 6.99. The minimum Gasteiger partial charge on any atom is -0.394 e. The molecule has 1 aliphatic heterocycles. The van der Waals surface area contributed by atoms with Gasteiger partial charge in [-0.05, 0) is 44.7 Å². The Morgan fingerprint density at radius 1 is 1.41 bits per heavy atom. The molecular formula is C14H30N2O. The van der Waals surface area contributed by atoms with Crippen molar-refractivity contribution in [1.29, 1.82) is 0 Å². The number of nitrogens with zero attached hydrogens (tertiary/aromatic N) is 1. The van der Waals surface area contributed by atoms with Gasteiger partial charge in [0.15, 0.2) is 0 Å². The van der Waals surface area contributed by atoms with E-state index in [2.05, 4.69) is 37.9 Å². The van der Waals surface area contributed by atoms with E-state index in [0.29, 0.717) is 5.41 Å². The van der Waals surface area contributed by atoms with Crippen LogP contribution in [0.3, 0.4) is 0 Å². The predicted octanol–water partition coefficient (Wildman–Crippen LogP) is 1.86. The Bertz CT molecular complexity index is 230. The third kappa shape index (κ3) is 4.94. The second-order valence-corrected chi connectivity index (χ2v) is 6.62. The Morgan fingerprint density at radius 2 is 2.12 bits per heavy atom. The lowest BCUT2D eigenvalue weighted by Gasteiger charge is -2.42. The van der Waals surface area contributed by atoms with Gasteiger partial charge in [0.05, 0.1) is 12.1 Å². The summed E-state index contributed by atoms with van der Waals surface area (Å²) in [7, 11) is 0. The summed E-state index contributed by atoms with van der Waals surface area (Å²) in [6, 6.07) is 0. The molecule has 0 saturated carbocycles. The molecule has 1 atom stereocenters. The van der Waals surface area contributed by atoms with Crippen molar-refractivity contribution in [3.8, 4) is 0 Å². The molecule has 0 spiro atoms. The average Bonchev–Trinajstić information content (AvgIpc) is 2.25. The van der Waals surface area contributed by atoms with E-state index in [1.54, 1.807) is 0 Å². The van der Waals surface area contributed by atoms with Crippen molar-refractivity contribution in [2.45, 2.75) is 52.5 Å². The molecule has 1 aliphatic rings. The Hall–Kier alpha value is -0.120. The van der Waals surface area contributed by atoms with Crippen LogP contribution in [0, 0.1) is 5.41 Å².